The number of nitrogens with zero attached hydrogens (tertiary/aromatic N) is 2. The quantitative estimate of drug-likeness (QED) is 0.367. The first-order chi connectivity index (χ1) is 11.0. The summed E-state index contributed by atoms with van der Waals surface area (Å²) in [7, 11) is -3.16. The molecule has 0 aromatic rings. The van der Waals surface area contributed by atoms with Gasteiger partial charge in [-0.1, -0.05) is 13.8 Å². The Bertz CT molecular complexity index is 446. The maximum absolute atomic E-state index is 12.3. The molecular formula is C15H32N4O2S2. The Morgan fingerprint density at radius 3 is 2.57 bits per heavy atom. The lowest BCUT2D eigenvalue weighted by molar-refractivity contribution is 0.443. The third-order valence-corrected chi connectivity index (χ3v) is 6.38. The summed E-state index contributed by atoms with van der Waals surface area (Å²) >= 11 is 1.81. The molecule has 0 saturated carbocycles. The fourth-order valence-electron chi connectivity index (χ4n) is 2.28. The van der Waals surface area contributed by atoms with E-state index in [1.54, 1.807) is 4.31 Å². The van der Waals surface area contributed by atoms with Gasteiger partial charge in [-0.25, -0.2) is 12.7 Å². The monoisotopic (exact) mass is 364 g/mol. The van der Waals surface area contributed by atoms with Crippen molar-refractivity contribution >= 4 is 27.7 Å². The average Bonchev–Trinajstić information content (AvgIpc) is 2.52. The van der Waals surface area contributed by atoms with Crippen molar-refractivity contribution in [2.75, 3.05) is 50.0 Å². The fourth-order valence-corrected chi connectivity index (χ4v) is 4.78. The van der Waals surface area contributed by atoms with Gasteiger partial charge in [0.1, 0.15) is 0 Å². The molecule has 8 heteroatoms. The van der Waals surface area contributed by atoms with Crippen molar-refractivity contribution in [1.29, 1.82) is 0 Å². The van der Waals surface area contributed by atoms with Gasteiger partial charge in [-0.15, -0.1) is 0 Å². The van der Waals surface area contributed by atoms with Crippen LogP contribution < -0.4 is 10.6 Å². The van der Waals surface area contributed by atoms with Crippen LogP contribution in [0.5, 0.6) is 0 Å². The van der Waals surface area contributed by atoms with Gasteiger partial charge in [-0.2, -0.15) is 11.8 Å². The van der Waals surface area contributed by atoms with Crippen molar-refractivity contribution in [3.8, 4) is 0 Å². The van der Waals surface area contributed by atoms with Crippen LogP contribution in [0.2, 0.25) is 0 Å². The van der Waals surface area contributed by atoms with Crippen molar-refractivity contribution in [2.24, 2.45) is 10.9 Å². The molecule has 1 saturated heterocycles. The highest BCUT2D eigenvalue weighted by Crippen LogP contribution is 2.12. The van der Waals surface area contributed by atoms with Gasteiger partial charge >= 0.3 is 0 Å². The van der Waals surface area contributed by atoms with Crippen molar-refractivity contribution in [2.45, 2.75) is 33.6 Å². The largest absolute Gasteiger partial charge is 0.357 e. The van der Waals surface area contributed by atoms with Crippen LogP contribution in [0.4, 0.5) is 0 Å². The minimum absolute atomic E-state index is 0.119. The molecule has 0 amide bonds. The summed E-state index contributed by atoms with van der Waals surface area (Å²) in [5, 5.41) is 6.30. The molecule has 0 aliphatic carbocycles. The first-order valence-electron chi connectivity index (χ1n) is 8.53. The average molecular weight is 365 g/mol. The molecule has 1 aliphatic heterocycles. The van der Waals surface area contributed by atoms with Crippen LogP contribution in [-0.4, -0.2) is 68.7 Å². The van der Waals surface area contributed by atoms with Crippen LogP contribution in [0, 0.1) is 5.92 Å². The van der Waals surface area contributed by atoms with Crippen molar-refractivity contribution < 1.29 is 8.42 Å². The molecule has 1 rings (SSSR count). The summed E-state index contributed by atoms with van der Waals surface area (Å²) < 4.78 is 26.2. The van der Waals surface area contributed by atoms with Gasteiger partial charge in [-0.05, 0) is 25.7 Å². The Hall–Kier alpha value is -0.470. The van der Waals surface area contributed by atoms with Gasteiger partial charge in [0, 0.05) is 44.2 Å². The summed E-state index contributed by atoms with van der Waals surface area (Å²) in [6, 6.07) is 0. The van der Waals surface area contributed by atoms with E-state index in [2.05, 4.69) is 29.5 Å². The topological polar surface area (TPSA) is 73.8 Å². The SMILES string of the molecule is CCNC(=NCCCC(C)C)NCCS(=O)(=O)N1CCSCC1. The zero-order valence-electron chi connectivity index (χ0n) is 14.7. The van der Waals surface area contributed by atoms with Crippen LogP contribution in [0.25, 0.3) is 0 Å². The molecule has 0 bridgehead atoms. The molecule has 136 valence electrons. The number of guanidine groups is 1. The minimum Gasteiger partial charge on any atom is -0.357 e. The zero-order valence-corrected chi connectivity index (χ0v) is 16.3. The van der Waals surface area contributed by atoms with Gasteiger partial charge in [-0.3, -0.25) is 4.99 Å². The second-order valence-electron chi connectivity index (χ2n) is 6.05. The first kappa shape index (κ1) is 20.6. The second kappa shape index (κ2) is 11.1. The van der Waals surface area contributed by atoms with Crippen molar-refractivity contribution in [3.05, 3.63) is 0 Å². The molecule has 0 unspecified atom stereocenters. The number of thioether (sulfide) groups is 1. The van der Waals surface area contributed by atoms with E-state index in [0.29, 0.717) is 31.5 Å². The molecule has 0 aromatic heterocycles. The Morgan fingerprint density at radius 1 is 1.26 bits per heavy atom. The molecule has 23 heavy (non-hydrogen) atoms. The number of aliphatic imine (C=N–C) groups is 1. The van der Waals surface area contributed by atoms with E-state index in [4.69, 9.17) is 0 Å². The highest BCUT2D eigenvalue weighted by molar-refractivity contribution is 7.99. The van der Waals surface area contributed by atoms with Gasteiger partial charge in [0.25, 0.3) is 0 Å². The lowest BCUT2D eigenvalue weighted by Gasteiger charge is -2.25. The van der Waals surface area contributed by atoms with E-state index in [0.717, 1.165) is 37.4 Å². The highest BCUT2D eigenvalue weighted by atomic mass is 32.2. The van der Waals surface area contributed by atoms with Gasteiger partial charge in [0.05, 0.1) is 5.75 Å². The molecule has 0 radical (unpaired) electrons. The third kappa shape index (κ3) is 8.81. The third-order valence-electron chi connectivity index (χ3n) is 3.57. The normalized spacial score (nSPS) is 17.5. The van der Waals surface area contributed by atoms with E-state index in [1.807, 2.05) is 18.7 Å². The van der Waals surface area contributed by atoms with E-state index in [1.165, 1.54) is 0 Å². The van der Waals surface area contributed by atoms with Crippen molar-refractivity contribution in [1.82, 2.24) is 14.9 Å². The van der Waals surface area contributed by atoms with Gasteiger partial charge < -0.3 is 10.6 Å². The number of rotatable bonds is 9. The lowest BCUT2D eigenvalue weighted by atomic mass is 10.1. The summed E-state index contributed by atoms with van der Waals surface area (Å²) in [4.78, 5) is 4.50. The van der Waals surface area contributed by atoms with Crippen molar-refractivity contribution in [3.63, 3.8) is 0 Å². The smallest absolute Gasteiger partial charge is 0.215 e. The molecule has 0 atom stereocenters. The molecule has 1 aliphatic rings. The summed E-state index contributed by atoms with van der Waals surface area (Å²) in [5.41, 5.74) is 0. The maximum atomic E-state index is 12.3. The Kier molecular flexibility index (Phi) is 9.97. The first-order valence-corrected chi connectivity index (χ1v) is 11.3. The second-order valence-corrected chi connectivity index (χ2v) is 9.36. The van der Waals surface area contributed by atoms with Crippen LogP contribution in [0.3, 0.4) is 0 Å². The van der Waals surface area contributed by atoms with E-state index in [-0.39, 0.29) is 5.75 Å². The molecule has 1 heterocycles. The van der Waals surface area contributed by atoms with Crippen LogP contribution in [0.1, 0.15) is 33.6 Å². The zero-order chi connectivity index (χ0) is 17.1. The van der Waals surface area contributed by atoms with Crippen LogP contribution in [-0.2, 0) is 10.0 Å². The predicted octanol–water partition coefficient (Wildman–Crippen LogP) is 1.36. The fraction of sp³-hybridized carbons (Fsp3) is 0.933. The van der Waals surface area contributed by atoms with Gasteiger partial charge in [0.15, 0.2) is 5.96 Å². The summed E-state index contributed by atoms with van der Waals surface area (Å²) in [6.07, 6.45) is 2.21. The predicted molar refractivity (Wildman–Crippen MR) is 101 cm³/mol. The highest BCUT2D eigenvalue weighted by Gasteiger charge is 2.23. The molecular weight excluding hydrogens is 332 g/mol. The van der Waals surface area contributed by atoms with E-state index < -0.39 is 10.0 Å². The number of hydrogen-bond acceptors (Lipinski definition) is 4. The van der Waals surface area contributed by atoms with Crippen LogP contribution in [0.15, 0.2) is 4.99 Å². The molecule has 2 N–H and O–H groups in total. The molecule has 6 nitrogen and oxygen atoms in total. The van der Waals surface area contributed by atoms with Crippen LogP contribution >= 0.6 is 11.8 Å². The molecule has 0 aromatic carbocycles. The Labute approximate surface area is 145 Å². The number of hydrogen-bond donors (Lipinski definition) is 2. The number of nitrogens with one attached hydrogen (secondary N) is 2. The molecule has 1 fully saturated rings. The molecule has 0 spiro atoms. The summed E-state index contributed by atoms with van der Waals surface area (Å²) in [5.74, 6) is 3.31. The van der Waals surface area contributed by atoms with Gasteiger partial charge in [0.2, 0.25) is 10.0 Å². The Morgan fingerprint density at radius 2 is 1.96 bits per heavy atom. The minimum atomic E-state index is -3.16. The standard InChI is InChI=1S/C15H32N4O2S2/c1-4-16-15(17-7-5-6-14(2)3)18-8-13-23(20,21)19-9-11-22-12-10-19/h14H,4-13H2,1-3H3,(H2,16,17,18). The lowest BCUT2D eigenvalue weighted by Crippen LogP contribution is -2.44. The Balaban J connectivity index is 2.37. The number of sulfonamides is 1. The summed E-state index contributed by atoms with van der Waals surface area (Å²) in [6.45, 7) is 9.62. The maximum Gasteiger partial charge on any atom is 0.215 e. The van der Waals surface area contributed by atoms with E-state index in [9.17, 15) is 8.42 Å². The van der Waals surface area contributed by atoms with E-state index >= 15 is 0 Å².